The highest BCUT2D eigenvalue weighted by molar-refractivity contribution is 14.1. The van der Waals surface area contributed by atoms with Crippen molar-refractivity contribution >= 4 is 98.1 Å². The van der Waals surface area contributed by atoms with Crippen molar-refractivity contribution in [1.29, 1.82) is 0 Å². The van der Waals surface area contributed by atoms with Crippen molar-refractivity contribution in [3.63, 3.8) is 0 Å². The highest BCUT2D eigenvalue weighted by atomic mass is 127. The minimum Gasteiger partial charge on any atom is -0.355 e. The van der Waals surface area contributed by atoms with E-state index in [0.29, 0.717) is 0 Å². The third-order valence-electron chi connectivity index (χ3n) is 6.85. The van der Waals surface area contributed by atoms with Crippen LogP contribution in [0.2, 0.25) is 0 Å². The largest absolute Gasteiger partial charge is 0.355 e. The summed E-state index contributed by atoms with van der Waals surface area (Å²) in [6.07, 6.45) is 0. The number of hydrogen-bond acceptors (Lipinski definition) is 0. The van der Waals surface area contributed by atoms with Crippen LogP contribution in [0.25, 0.3) is 49.3 Å². The van der Waals surface area contributed by atoms with Gasteiger partial charge < -0.3 is 9.55 Å². The lowest BCUT2D eigenvalue weighted by atomic mass is 10.2. The van der Waals surface area contributed by atoms with E-state index in [9.17, 15) is 0 Å². The van der Waals surface area contributed by atoms with E-state index in [1.54, 1.807) is 0 Å². The van der Waals surface area contributed by atoms with Gasteiger partial charge in [0.2, 0.25) is 0 Å². The van der Waals surface area contributed by atoms with Crippen LogP contribution >= 0.6 is 54.5 Å². The number of halogens is 3. The topological polar surface area (TPSA) is 20.7 Å². The fourth-order valence-corrected chi connectivity index (χ4v) is 6.83. The van der Waals surface area contributed by atoms with E-state index in [1.807, 2.05) is 12.1 Å². The number of para-hydroxylation sites is 4. The molecule has 0 radical (unpaired) electrons. The Hall–Kier alpha value is -3.39. The second-order valence-electron chi connectivity index (χ2n) is 9.51. The van der Waals surface area contributed by atoms with Gasteiger partial charge in [-0.3, -0.25) is 0 Å². The monoisotopic (exact) mass is 802 g/mol. The first-order valence-corrected chi connectivity index (χ1v) is 15.9. The molecule has 0 unspecified atom stereocenters. The summed E-state index contributed by atoms with van der Waals surface area (Å²) in [4.78, 5) is 3.38. The van der Waals surface area contributed by atoms with Crippen LogP contribution in [0.3, 0.4) is 0 Å². The number of rotatable bonds is 1. The average Bonchev–Trinajstić information content (AvgIpc) is 3.54. The first-order chi connectivity index (χ1) is 20.1. The third kappa shape index (κ3) is 7.23. The van der Waals surface area contributed by atoms with E-state index in [0.717, 1.165) is 8.95 Å². The van der Waals surface area contributed by atoms with E-state index in [4.69, 9.17) is 0 Å². The molecule has 0 saturated heterocycles. The maximum Gasteiger partial charge on any atom is 0.0541 e. The number of nitrogens with one attached hydrogen (secondary N) is 1. The fraction of sp³-hybridized carbons (Fsp3) is 0.0526. The maximum absolute atomic E-state index is 3.56. The van der Waals surface area contributed by atoms with Gasteiger partial charge in [0.25, 0.3) is 0 Å². The molecule has 8 rings (SSSR count). The molecule has 0 aliphatic carbocycles. The molecule has 2 heterocycles. The summed E-state index contributed by atoms with van der Waals surface area (Å²) in [5, 5.41) is 5.20. The number of H-pyrrole nitrogens is 1. The molecule has 2 nitrogen and oxygen atoms in total. The van der Waals surface area contributed by atoms with Gasteiger partial charge in [-0.2, -0.15) is 0 Å². The van der Waals surface area contributed by atoms with Crippen LogP contribution in [0, 0.1) is 3.57 Å². The van der Waals surface area contributed by atoms with Gasteiger partial charge in [-0.05, 0) is 83.3 Å². The Morgan fingerprint density at radius 1 is 0.465 bits per heavy atom. The zero-order chi connectivity index (χ0) is 28.2. The zero-order valence-electron chi connectivity index (χ0n) is 21.9. The van der Waals surface area contributed by atoms with E-state index >= 15 is 0 Å². The summed E-state index contributed by atoms with van der Waals surface area (Å²) in [5.41, 5.74) is 6.09. The third-order valence-corrected chi connectivity index (χ3v) is 8.50. The van der Waals surface area contributed by atoms with E-state index in [1.165, 1.54) is 52.9 Å². The van der Waals surface area contributed by atoms with Crippen LogP contribution in [0.1, 0.15) is 14.9 Å². The smallest absolute Gasteiger partial charge is 0.0541 e. The molecule has 0 fully saturated rings. The normalized spacial score (nSPS) is 10.3. The molecular weight excluding hydrogens is 771 g/mol. The van der Waals surface area contributed by atoms with E-state index < -0.39 is 0 Å². The molecule has 0 aliphatic rings. The molecule has 1 N–H and O–H groups in total. The van der Waals surface area contributed by atoms with E-state index in [2.05, 4.69) is 197 Å². The van der Waals surface area contributed by atoms with Gasteiger partial charge in [-0.25, -0.2) is 0 Å². The van der Waals surface area contributed by atoms with Crippen molar-refractivity contribution in [2.24, 2.45) is 0 Å². The van der Waals surface area contributed by atoms with Gasteiger partial charge in [0.15, 0.2) is 0 Å². The second-order valence-corrected chi connectivity index (χ2v) is 12.6. The van der Waals surface area contributed by atoms with Gasteiger partial charge in [0.1, 0.15) is 0 Å². The Labute approximate surface area is 284 Å². The minimum absolute atomic E-state index is 0. The van der Waals surface area contributed by atoms with Crippen molar-refractivity contribution in [2.45, 2.75) is 14.9 Å². The minimum atomic E-state index is 0. The van der Waals surface area contributed by atoms with Crippen LogP contribution in [-0.2, 0) is 0 Å². The van der Waals surface area contributed by atoms with Gasteiger partial charge in [-0.1, -0.05) is 132 Å². The first-order valence-electron chi connectivity index (χ1n) is 13.2. The summed E-state index contributed by atoms with van der Waals surface area (Å²) in [6.45, 7) is 0. The summed E-state index contributed by atoms with van der Waals surface area (Å²) < 4.78 is 5.81. The van der Waals surface area contributed by atoms with Crippen LogP contribution < -0.4 is 0 Å². The molecule has 43 heavy (non-hydrogen) atoms. The van der Waals surface area contributed by atoms with E-state index in [-0.39, 0.29) is 14.9 Å². The zero-order valence-corrected chi connectivity index (χ0v) is 27.3. The summed E-state index contributed by atoms with van der Waals surface area (Å²) in [6, 6.07) is 50.5. The molecular formula is C38H33Br2IN2. The highest BCUT2D eigenvalue weighted by Gasteiger charge is 2.11. The van der Waals surface area contributed by atoms with Gasteiger partial charge >= 0.3 is 0 Å². The average molecular weight is 804 g/mol. The molecule has 0 bridgehead atoms. The van der Waals surface area contributed by atoms with Crippen LogP contribution in [0.4, 0.5) is 0 Å². The Balaban J connectivity index is 0.000000159. The summed E-state index contributed by atoms with van der Waals surface area (Å²) >= 11 is 9.20. The van der Waals surface area contributed by atoms with Gasteiger partial charge in [-0.15, -0.1) is 0 Å². The standard InChI is InChI=1S/C18H12BrN.C12H9N.C6H4BrI.2CH4/c19-13-6-5-7-14(12-13)20-17-10-3-1-8-15(17)16-9-2-4-11-18(16)20;1-3-7-11-9(5-1)10-6-2-4-8-12(10)13-11;7-5-2-1-3-6(8)4-5;;/h1-12H;1-8,13H;1-4H;2*1H4. The van der Waals surface area contributed by atoms with Crippen molar-refractivity contribution in [2.75, 3.05) is 0 Å². The lowest BCUT2D eigenvalue weighted by molar-refractivity contribution is 1.18. The Kier molecular flexibility index (Phi) is 11.2. The molecule has 216 valence electrons. The second kappa shape index (κ2) is 14.9. The van der Waals surface area contributed by atoms with Crippen molar-refractivity contribution < 1.29 is 0 Å². The highest BCUT2D eigenvalue weighted by Crippen LogP contribution is 2.32. The number of benzene rings is 6. The van der Waals surface area contributed by atoms with Crippen molar-refractivity contribution in [1.82, 2.24) is 9.55 Å². The lowest BCUT2D eigenvalue weighted by Gasteiger charge is -2.07. The molecule has 0 amide bonds. The molecule has 2 aromatic heterocycles. The number of nitrogens with zero attached hydrogens (tertiary/aromatic N) is 1. The van der Waals surface area contributed by atoms with Gasteiger partial charge in [0.05, 0.1) is 11.0 Å². The fourth-order valence-electron chi connectivity index (χ4n) is 5.07. The predicted molar refractivity (Wildman–Crippen MR) is 205 cm³/mol. The SMILES string of the molecule is Brc1cccc(-n2c3ccccc3c3ccccc32)c1.Brc1cccc(I)c1.C.C.c1ccc2c(c1)[nH]c1ccccc12. The quantitative estimate of drug-likeness (QED) is 0.160. The maximum atomic E-state index is 3.56. The Bertz CT molecular complexity index is 1990. The Morgan fingerprint density at radius 2 is 0.907 bits per heavy atom. The van der Waals surface area contributed by atoms with Crippen LogP contribution in [-0.4, -0.2) is 9.55 Å². The Morgan fingerprint density at radius 3 is 1.37 bits per heavy atom. The van der Waals surface area contributed by atoms with Crippen LogP contribution in [0.15, 0.2) is 155 Å². The molecule has 8 aromatic rings. The number of hydrogen-bond donors (Lipinski definition) is 1. The number of aromatic nitrogens is 2. The van der Waals surface area contributed by atoms with Crippen LogP contribution in [0.5, 0.6) is 0 Å². The number of fused-ring (bicyclic) bond motifs is 6. The summed E-state index contributed by atoms with van der Waals surface area (Å²) in [5.74, 6) is 0. The molecule has 0 aliphatic heterocycles. The molecule has 6 aromatic carbocycles. The molecule has 0 atom stereocenters. The lowest BCUT2D eigenvalue weighted by Crippen LogP contribution is -1.93. The van der Waals surface area contributed by atoms with Crippen molar-refractivity contribution in [3.8, 4) is 5.69 Å². The summed E-state index contributed by atoms with van der Waals surface area (Å²) in [7, 11) is 0. The molecule has 5 heteroatoms. The van der Waals surface area contributed by atoms with Crippen molar-refractivity contribution in [3.05, 3.63) is 158 Å². The molecule has 0 saturated carbocycles. The molecule has 0 spiro atoms. The number of aromatic amines is 1. The first kappa shape index (κ1) is 32.5. The predicted octanol–water partition coefficient (Wildman–Crippen LogP) is 13.2. The van der Waals surface area contributed by atoms with Gasteiger partial charge in [0, 0.05) is 50.8 Å².